The second kappa shape index (κ2) is 26.0. The van der Waals surface area contributed by atoms with Gasteiger partial charge in [-0.15, -0.1) is 20.5 Å². The van der Waals surface area contributed by atoms with Crippen LogP contribution in [0, 0.1) is 20.5 Å². The van der Waals surface area contributed by atoms with Gasteiger partial charge in [0.2, 0.25) is 0 Å². The van der Waals surface area contributed by atoms with E-state index in [0.29, 0.717) is 0 Å². The van der Waals surface area contributed by atoms with E-state index < -0.39 is 20.5 Å². The van der Waals surface area contributed by atoms with E-state index in [1.54, 1.807) is 0 Å². The molecule has 0 atom stereocenters. The molecule has 0 aliphatic heterocycles. The van der Waals surface area contributed by atoms with Gasteiger partial charge in [-0.3, -0.25) is 0 Å². The van der Waals surface area contributed by atoms with E-state index in [2.05, 4.69) is 0 Å². The third kappa shape index (κ3) is 2460. The minimum Gasteiger partial charge on any atom is -0.412 e. The van der Waals surface area contributed by atoms with Crippen LogP contribution in [-0.4, -0.2) is 70.6 Å². The molecule has 0 spiro atoms. The zero-order valence-corrected chi connectivity index (χ0v) is 11.4. The Balaban J connectivity index is -0.00000000762. The van der Waals surface area contributed by atoms with Crippen molar-refractivity contribution in [1.82, 2.24) is 0 Å². The molecule has 0 bridgehead atoms. The quantitative estimate of drug-likeness (QED) is 0.377. The molecule has 0 saturated carbocycles. The van der Waals surface area contributed by atoms with Gasteiger partial charge in [0.05, 0.1) is 0 Å². The zero-order chi connectivity index (χ0) is 9.00. The average Bonchev–Trinajstić information content (AvgIpc) is 1.12. The van der Waals surface area contributed by atoms with Crippen LogP contribution in [0.1, 0.15) is 0 Å². The number of rotatable bonds is 0. The Bertz CT molecular complexity index is 57.2. The minimum absolute atomic E-state index is 0. The van der Waals surface area contributed by atoms with Crippen LogP contribution >= 0.6 is 0 Å². The molecule has 0 saturated heterocycles. The van der Waals surface area contributed by atoms with Crippen molar-refractivity contribution in [3.8, 4) is 0 Å². The van der Waals surface area contributed by atoms with Gasteiger partial charge < -0.3 is 32.9 Å². The molecule has 0 radical (unpaired) electrons. The molecule has 0 fully saturated rings. The summed E-state index contributed by atoms with van der Waals surface area (Å²) in [5.74, 6) is 0. The molecule has 0 amide bonds. The molecule has 17 heteroatoms. The zero-order valence-electron chi connectivity index (χ0n) is 7.73. The summed E-state index contributed by atoms with van der Waals surface area (Å²) < 4.78 is 67.9. The summed E-state index contributed by atoms with van der Waals surface area (Å²) in [6.07, 6.45) is 0. The summed E-state index contributed by atoms with van der Waals surface area (Å²) in [6, 6.07) is 0. The fourth-order valence-corrected chi connectivity index (χ4v) is 0. The Hall–Kier alpha value is 1.28. The number of halogens is 2. The van der Waals surface area contributed by atoms with Crippen molar-refractivity contribution >= 4 is 37.7 Å². The molecule has 0 heterocycles. The van der Waals surface area contributed by atoms with Gasteiger partial charge in [0.1, 0.15) is 0 Å². The predicted molar refractivity (Wildman–Crippen MR) is 27.4 cm³/mol. The first-order valence-corrected chi connectivity index (χ1v) is 3.70. The molecule has 17 heavy (non-hydrogen) atoms. The number of hydrogen-bond acceptors (Lipinski definition) is 8. The summed E-state index contributed by atoms with van der Waals surface area (Å²) >= 11 is 0. The topological polar surface area (TPSA) is 373 Å². The molecule has 112 valence electrons. The van der Waals surface area contributed by atoms with E-state index in [1.807, 2.05) is 0 Å². The Kier molecular flexibility index (Phi) is 96.8. The van der Waals surface area contributed by atoms with Crippen LogP contribution in [0.5, 0.6) is 0 Å². The fraction of sp³-hybridized carbons (Fsp3) is 0. The van der Waals surface area contributed by atoms with Crippen LogP contribution < -0.4 is 37.3 Å². The summed E-state index contributed by atoms with van der Waals surface area (Å²) in [5.41, 5.74) is 0. The van der Waals surface area contributed by atoms with Crippen LogP contribution in [0.25, 0.3) is 0 Å². The largest absolute Gasteiger partial charge is 2.00 e. The van der Waals surface area contributed by atoms with Gasteiger partial charge in [-0.1, -0.05) is 0 Å². The molecule has 0 aromatic rings. The van der Waals surface area contributed by atoms with E-state index in [9.17, 15) is 0 Å². The molecule has 14 nitrogen and oxygen atoms in total. The van der Waals surface area contributed by atoms with Gasteiger partial charge >= 0.3 is 37.7 Å². The first-order valence-electron chi connectivity index (χ1n) is 1.23. The maximum absolute atomic E-state index is 8.49. The van der Waals surface area contributed by atoms with Gasteiger partial charge in [0.15, 0.2) is 0 Å². The molecular weight excluding hydrogens is 335 g/mol. The van der Waals surface area contributed by atoms with Crippen LogP contribution in [-0.2, 0) is 0 Å². The predicted octanol–water partition coefficient (Wildman–Crippen LogP) is -14.8. The van der Waals surface area contributed by atoms with Gasteiger partial charge in [-0.05, 0) is 0 Å². The Morgan fingerprint density at radius 1 is 0.353 bits per heavy atom. The fourth-order valence-electron chi connectivity index (χ4n) is 0. The molecule has 0 rings (SSSR count). The molecule has 0 unspecified atom stereocenters. The van der Waals surface area contributed by atoms with E-state index in [1.165, 1.54) is 0 Å². The van der Waals surface area contributed by atoms with Crippen molar-refractivity contribution in [2.24, 2.45) is 0 Å². The van der Waals surface area contributed by atoms with E-state index in [0.717, 1.165) is 0 Å². The first kappa shape index (κ1) is 63.4. The van der Waals surface area contributed by atoms with Gasteiger partial charge in [-0.25, -0.2) is 37.3 Å². The van der Waals surface area contributed by atoms with Crippen molar-refractivity contribution < 1.29 is 90.6 Å². The van der Waals surface area contributed by atoms with Crippen molar-refractivity contribution in [3.05, 3.63) is 0 Å². The molecule has 12 N–H and O–H groups in total. The van der Waals surface area contributed by atoms with Crippen LogP contribution in [0.2, 0.25) is 0 Å². The van der Waals surface area contributed by atoms with Crippen molar-refractivity contribution in [2.75, 3.05) is 0 Å². The maximum Gasteiger partial charge on any atom is 2.00 e. The smallest absolute Gasteiger partial charge is 0.412 e. The molecule has 0 aliphatic carbocycles. The molecule has 0 aromatic carbocycles. The summed E-state index contributed by atoms with van der Waals surface area (Å²) in [7, 11) is -9.89. The summed E-state index contributed by atoms with van der Waals surface area (Å²) in [6.45, 7) is 0. The monoisotopic (exact) mass is 346 g/mol. The second-order valence-electron chi connectivity index (χ2n) is 0.756. The van der Waals surface area contributed by atoms with Crippen LogP contribution in [0.15, 0.2) is 0 Å². The van der Waals surface area contributed by atoms with Crippen LogP contribution in [0.3, 0.4) is 0 Å². The maximum atomic E-state index is 8.49. The van der Waals surface area contributed by atoms with Gasteiger partial charge in [-0.2, -0.15) is 0 Å². The Labute approximate surface area is 128 Å². The van der Waals surface area contributed by atoms with Crippen molar-refractivity contribution in [2.45, 2.75) is 0 Å². The standard InChI is InChI=1S/Ca.2ClHO4.6H2O/c;2*2-1(3,4)5;;;;;;/h;2*(H,2,3,4,5);6*1H2/q+2;;;;;;;;/p-2. The van der Waals surface area contributed by atoms with E-state index >= 15 is 0 Å². The summed E-state index contributed by atoms with van der Waals surface area (Å²) in [5, 5.41) is 0. The Morgan fingerprint density at radius 2 is 0.353 bits per heavy atom. The molecule has 0 aliphatic rings. The van der Waals surface area contributed by atoms with Crippen molar-refractivity contribution in [1.29, 1.82) is 0 Å². The average molecular weight is 347 g/mol. The second-order valence-corrected chi connectivity index (χ2v) is 2.27. The van der Waals surface area contributed by atoms with Gasteiger partial charge in [0.25, 0.3) is 0 Å². The van der Waals surface area contributed by atoms with E-state index in [-0.39, 0.29) is 70.6 Å². The third-order valence-electron chi connectivity index (χ3n) is 0. The Morgan fingerprint density at radius 3 is 0.353 bits per heavy atom. The minimum atomic E-state index is -4.94. The summed E-state index contributed by atoms with van der Waals surface area (Å²) in [4.78, 5) is 0. The normalized spacial score (nSPS) is 7.06. The number of hydrogen-bond donors (Lipinski definition) is 0. The van der Waals surface area contributed by atoms with Gasteiger partial charge in [0, 0.05) is 0 Å². The third-order valence-corrected chi connectivity index (χ3v) is 0. The molecular formula is H12CaCl2O14. The van der Waals surface area contributed by atoms with E-state index in [4.69, 9.17) is 37.3 Å². The van der Waals surface area contributed by atoms with Crippen molar-refractivity contribution in [3.63, 3.8) is 0 Å². The van der Waals surface area contributed by atoms with Crippen LogP contribution in [0.4, 0.5) is 0 Å². The molecule has 0 aromatic heterocycles. The SMILES string of the molecule is O.O.O.O.O.O.[Ca+2].[O-][Cl+3]([O-])([O-])[O-].[O-][Cl+3]([O-])([O-])[O-]. The first-order chi connectivity index (χ1) is 4.00.